The zero-order valence-corrected chi connectivity index (χ0v) is 7.45. The molecule has 0 unspecified atom stereocenters. The summed E-state index contributed by atoms with van der Waals surface area (Å²) < 4.78 is 1.51. The van der Waals surface area contributed by atoms with E-state index in [4.69, 9.17) is 0 Å². The quantitative estimate of drug-likeness (QED) is 0.505. The maximum absolute atomic E-state index is 2.27. The molecule has 0 saturated carbocycles. The Morgan fingerprint density at radius 3 is 2.25 bits per heavy atom. The molecule has 0 aliphatic carbocycles. The first kappa shape index (κ1) is 5.79. The molecule has 0 bridgehead atoms. The van der Waals surface area contributed by atoms with Gasteiger partial charge in [-0.15, -0.1) is 0 Å². The first-order valence-corrected chi connectivity index (χ1v) is 10.9. The van der Waals surface area contributed by atoms with Crippen molar-refractivity contribution in [2.75, 3.05) is 0 Å². The van der Waals surface area contributed by atoms with Crippen LogP contribution >= 0.6 is 0 Å². The SMILES string of the molecule is CC[Te][Na]. The second kappa shape index (κ2) is 4.79. The van der Waals surface area contributed by atoms with Crippen molar-refractivity contribution in [3.63, 3.8) is 0 Å². The minimum absolute atomic E-state index is 0.621. The third-order valence-corrected chi connectivity index (χ3v) is 5.81. The first-order chi connectivity index (χ1) is 1.91. The van der Waals surface area contributed by atoms with Crippen LogP contribution < -0.4 is 0 Å². The summed E-state index contributed by atoms with van der Waals surface area (Å²) >= 11 is 2.14. The average Bonchev–Trinajstić information content (AvgIpc) is 1.37. The van der Waals surface area contributed by atoms with Gasteiger partial charge >= 0.3 is 50.5 Å². The second-order valence-corrected chi connectivity index (χ2v) is 7.75. The standard InChI is InChI=1S/C2H6Te.Na/c1-2-3;/h3H,2H2,1H3;/q;+1/p-1. The van der Waals surface area contributed by atoms with Crippen molar-refractivity contribution >= 4 is 39.1 Å². The molecule has 0 saturated heterocycles. The summed E-state index contributed by atoms with van der Waals surface area (Å²) in [6.07, 6.45) is 0. The molecule has 0 atom stereocenters. The van der Waals surface area contributed by atoms with Gasteiger partial charge in [0.25, 0.3) is 0 Å². The first-order valence-electron chi connectivity index (χ1n) is 1.40. The molecule has 0 N–H and O–H groups in total. The topological polar surface area (TPSA) is 0 Å². The molecular weight excluding hydrogens is 175 g/mol. The van der Waals surface area contributed by atoms with E-state index in [9.17, 15) is 0 Å². The average molecular weight is 180 g/mol. The molecule has 4 heavy (non-hydrogen) atoms. The molecule has 20 valence electrons. The molecule has 0 rings (SSSR count). The zero-order chi connectivity index (χ0) is 3.41. The predicted octanol–water partition coefficient (Wildman–Crippen LogP) is 0.212. The summed E-state index contributed by atoms with van der Waals surface area (Å²) in [6, 6.07) is 0. The van der Waals surface area contributed by atoms with Crippen LogP contribution in [0.25, 0.3) is 0 Å². The number of hydrogen-bond donors (Lipinski definition) is 0. The molecule has 0 heterocycles. The molecule has 0 aliphatic rings. The van der Waals surface area contributed by atoms with Crippen LogP contribution in [0.3, 0.4) is 0 Å². The molecule has 0 aliphatic heterocycles. The predicted molar refractivity (Wildman–Crippen MR) is 22.0 cm³/mol. The third kappa shape index (κ3) is 3.79. The van der Waals surface area contributed by atoms with Crippen molar-refractivity contribution in [2.24, 2.45) is 0 Å². The van der Waals surface area contributed by atoms with Gasteiger partial charge in [0.2, 0.25) is 0 Å². The minimum atomic E-state index is 0.621. The summed E-state index contributed by atoms with van der Waals surface area (Å²) in [7, 11) is 0. The number of hydrogen-bond acceptors (Lipinski definition) is 0. The Morgan fingerprint density at radius 2 is 2.25 bits per heavy atom. The van der Waals surface area contributed by atoms with Crippen LogP contribution in [0.1, 0.15) is 6.92 Å². The van der Waals surface area contributed by atoms with Crippen LogP contribution in [0, 0.1) is 0 Å². The monoisotopic (exact) mass is 182 g/mol. The van der Waals surface area contributed by atoms with Gasteiger partial charge < -0.3 is 0 Å². The van der Waals surface area contributed by atoms with E-state index >= 15 is 0 Å². The van der Waals surface area contributed by atoms with Gasteiger partial charge in [-0.1, -0.05) is 0 Å². The van der Waals surface area contributed by atoms with Crippen molar-refractivity contribution in [3.05, 3.63) is 0 Å². The fourth-order valence-corrected chi connectivity index (χ4v) is 0. The van der Waals surface area contributed by atoms with Gasteiger partial charge in [0.05, 0.1) is 0 Å². The number of rotatable bonds is 1. The second-order valence-electron chi connectivity index (χ2n) is 0.577. The third-order valence-electron chi connectivity index (χ3n) is 0.289. The molecule has 0 aromatic rings. The molecule has 0 nitrogen and oxygen atoms in total. The molecule has 0 amide bonds. The van der Waals surface area contributed by atoms with E-state index in [1.54, 1.807) is 0 Å². The van der Waals surface area contributed by atoms with Crippen LogP contribution in [-0.4, -0.2) is 39.1 Å². The summed E-state index contributed by atoms with van der Waals surface area (Å²) in [5.74, 6) is 0. The molecule has 0 aromatic carbocycles. The van der Waals surface area contributed by atoms with E-state index in [1.807, 2.05) is 0 Å². The fraction of sp³-hybridized carbons (Fsp3) is 1.00. The molecular formula is C2H5NaTe. The summed E-state index contributed by atoms with van der Waals surface area (Å²) in [5, 5.41) is 0. The van der Waals surface area contributed by atoms with Crippen molar-refractivity contribution < 1.29 is 0 Å². The molecule has 0 aromatic heterocycles. The Kier molecular flexibility index (Phi) is 6.93. The summed E-state index contributed by atoms with van der Waals surface area (Å²) in [6.45, 7) is 2.27. The van der Waals surface area contributed by atoms with Crippen LogP contribution in [0.15, 0.2) is 0 Å². The Bertz CT molecular complexity index is 8.00. The van der Waals surface area contributed by atoms with E-state index in [-0.39, 0.29) is 0 Å². The Morgan fingerprint density at radius 1 is 2.00 bits per heavy atom. The van der Waals surface area contributed by atoms with Gasteiger partial charge in [0.15, 0.2) is 0 Å². The van der Waals surface area contributed by atoms with Crippen molar-refractivity contribution in [1.82, 2.24) is 0 Å². The molecule has 0 fully saturated rings. The van der Waals surface area contributed by atoms with Crippen molar-refractivity contribution in [3.8, 4) is 0 Å². The fourth-order valence-electron chi connectivity index (χ4n) is 0. The van der Waals surface area contributed by atoms with Crippen LogP contribution in [0.5, 0.6) is 0 Å². The Hall–Kier alpha value is 1.79. The summed E-state index contributed by atoms with van der Waals surface area (Å²) in [5.41, 5.74) is 0. The van der Waals surface area contributed by atoms with E-state index in [0.717, 1.165) is 0 Å². The Labute approximate surface area is 49.8 Å². The molecule has 0 spiro atoms. The summed E-state index contributed by atoms with van der Waals surface area (Å²) in [4.78, 5) is 0. The zero-order valence-electron chi connectivity index (χ0n) is 3.12. The van der Waals surface area contributed by atoms with Gasteiger partial charge in [0, 0.05) is 0 Å². The van der Waals surface area contributed by atoms with E-state index in [0.29, 0.717) is 15.5 Å². The molecule has 2 heteroatoms. The van der Waals surface area contributed by atoms with E-state index < -0.39 is 0 Å². The van der Waals surface area contributed by atoms with Crippen molar-refractivity contribution in [1.29, 1.82) is 0 Å². The van der Waals surface area contributed by atoms with Crippen LogP contribution in [0.2, 0.25) is 4.47 Å². The van der Waals surface area contributed by atoms with Gasteiger partial charge in [-0.25, -0.2) is 0 Å². The Balaban J connectivity index is 1.97. The van der Waals surface area contributed by atoms with Gasteiger partial charge in [0.1, 0.15) is 0 Å². The van der Waals surface area contributed by atoms with Gasteiger partial charge in [-0.2, -0.15) is 0 Å². The maximum atomic E-state index is 2.27. The van der Waals surface area contributed by atoms with Crippen LogP contribution in [0.4, 0.5) is 0 Å². The van der Waals surface area contributed by atoms with Gasteiger partial charge in [-0.05, 0) is 0 Å². The van der Waals surface area contributed by atoms with Gasteiger partial charge in [-0.3, -0.25) is 0 Å². The normalized spacial score (nSPS) is 7.75. The van der Waals surface area contributed by atoms with Crippen molar-refractivity contribution in [2.45, 2.75) is 11.4 Å². The van der Waals surface area contributed by atoms with Crippen LogP contribution in [-0.2, 0) is 0 Å². The van der Waals surface area contributed by atoms with E-state index in [1.165, 1.54) is 28.0 Å². The van der Waals surface area contributed by atoms with E-state index in [2.05, 4.69) is 6.92 Å². The molecule has 0 radical (unpaired) electrons.